The highest BCUT2D eigenvalue weighted by Gasteiger charge is 2.27. The van der Waals surface area contributed by atoms with Crippen molar-refractivity contribution in [2.75, 3.05) is 13.2 Å². The molecule has 0 bridgehead atoms. The van der Waals surface area contributed by atoms with E-state index in [4.69, 9.17) is 0 Å². The molecule has 8 heteroatoms. The van der Waals surface area contributed by atoms with Crippen molar-refractivity contribution in [1.82, 2.24) is 9.13 Å². The number of halogens is 3. The highest BCUT2D eigenvalue weighted by molar-refractivity contribution is 4.86. The SMILES string of the molecule is CCCn1ccc(=O)n(CCCOCC(F)(F)F)c1=O. The molecule has 114 valence electrons. The normalized spacial score (nSPS) is 11.8. The molecule has 0 aliphatic heterocycles. The molecule has 0 fully saturated rings. The van der Waals surface area contributed by atoms with Crippen molar-refractivity contribution in [1.29, 1.82) is 0 Å². The zero-order chi connectivity index (χ0) is 15.2. The van der Waals surface area contributed by atoms with Gasteiger partial charge in [-0.25, -0.2) is 4.79 Å². The summed E-state index contributed by atoms with van der Waals surface area (Å²) in [6.07, 6.45) is -2.03. The maximum absolute atomic E-state index is 11.9. The van der Waals surface area contributed by atoms with Crippen LogP contribution in [0, 0.1) is 0 Å². The summed E-state index contributed by atoms with van der Waals surface area (Å²) in [5.74, 6) is 0. The lowest BCUT2D eigenvalue weighted by Crippen LogP contribution is -2.39. The van der Waals surface area contributed by atoms with Crippen LogP contribution in [-0.4, -0.2) is 28.5 Å². The van der Waals surface area contributed by atoms with Crippen molar-refractivity contribution in [2.24, 2.45) is 0 Å². The highest BCUT2D eigenvalue weighted by atomic mass is 19.4. The van der Waals surface area contributed by atoms with E-state index in [0.717, 1.165) is 11.0 Å². The standard InChI is InChI=1S/C12H17F3N2O3/c1-2-5-16-7-4-10(18)17(11(16)19)6-3-8-20-9-12(13,14)15/h4,7H,2-3,5-6,8-9H2,1H3. The molecule has 0 aromatic carbocycles. The van der Waals surface area contributed by atoms with Crippen molar-refractivity contribution in [3.8, 4) is 0 Å². The van der Waals surface area contributed by atoms with Crippen LogP contribution in [0.1, 0.15) is 19.8 Å². The topological polar surface area (TPSA) is 53.2 Å². The highest BCUT2D eigenvalue weighted by Crippen LogP contribution is 2.14. The van der Waals surface area contributed by atoms with Gasteiger partial charge in [-0.05, 0) is 12.8 Å². The summed E-state index contributed by atoms with van der Waals surface area (Å²) in [4.78, 5) is 23.5. The number of rotatable bonds is 7. The Hall–Kier alpha value is -1.57. The second-order valence-corrected chi connectivity index (χ2v) is 4.30. The van der Waals surface area contributed by atoms with Crippen LogP contribution in [0.2, 0.25) is 0 Å². The third-order valence-corrected chi connectivity index (χ3v) is 2.54. The Labute approximate surface area is 113 Å². The van der Waals surface area contributed by atoms with Gasteiger partial charge < -0.3 is 9.30 Å². The largest absolute Gasteiger partial charge is 0.411 e. The molecule has 20 heavy (non-hydrogen) atoms. The number of hydrogen-bond donors (Lipinski definition) is 0. The molecule has 0 amide bonds. The number of nitrogens with zero attached hydrogens (tertiary/aromatic N) is 2. The van der Waals surface area contributed by atoms with E-state index < -0.39 is 24.0 Å². The quantitative estimate of drug-likeness (QED) is 0.714. The molecular weight excluding hydrogens is 277 g/mol. The Kier molecular flexibility index (Phi) is 6.00. The fourth-order valence-electron chi connectivity index (χ4n) is 1.69. The van der Waals surface area contributed by atoms with Crippen LogP contribution in [0.5, 0.6) is 0 Å². The molecule has 0 saturated heterocycles. The Morgan fingerprint density at radius 2 is 1.95 bits per heavy atom. The van der Waals surface area contributed by atoms with E-state index in [0.29, 0.717) is 6.54 Å². The van der Waals surface area contributed by atoms with E-state index in [2.05, 4.69) is 4.74 Å². The van der Waals surface area contributed by atoms with Crippen LogP contribution in [0.15, 0.2) is 21.9 Å². The Morgan fingerprint density at radius 3 is 2.55 bits per heavy atom. The maximum Gasteiger partial charge on any atom is 0.411 e. The lowest BCUT2D eigenvalue weighted by molar-refractivity contribution is -0.174. The van der Waals surface area contributed by atoms with Gasteiger partial charge in [-0.15, -0.1) is 0 Å². The molecule has 0 saturated carbocycles. The van der Waals surface area contributed by atoms with Crippen LogP contribution in [-0.2, 0) is 17.8 Å². The minimum Gasteiger partial charge on any atom is -0.372 e. The van der Waals surface area contributed by atoms with Crippen molar-refractivity contribution in [2.45, 2.75) is 39.0 Å². The minimum atomic E-state index is -4.36. The Morgan fingerprint density at radius 1 is 1.25 bits per heavy atom. The van der Waals surface area contributed by atoms with Gasteiger partial charge in [0, 0.05) is 32.0 Å². The van der Waals surface area contributed by atoms with Gasteiger partial charge >= 0.3 is 11.9 Å². The number of alkyl halides is 3. The van der Waals surface area contributed by atoms with Gasteiger partial charge in [0.05, 0.1) is 0 Å². The smallest absolute Gasteiger partial charge is 0.372 e. The van der Waals surface area contributed by atoms with Crippen molar-refractivity contribution in [3.63, 3.8) is 0 Å². The summed E-state index contributed by atoms with van der Waals surface area (Å²) >= 11 is 0. The van der Waals surface area contributed by atoms with Gasteiger partial charge in [-0.1, -0.05) is 6.92 Å². The molecule has 0 aliphatic carbocycles. The number of aromatic nitrogens is 2. The number of aryl methyl sites for hydroxylation is 1. The predicted molar refractivity (Wildman–Crippen MR) is 66.7 cm³/mol. The van der Waals surface area contributed by atoms with E-state index in [1.54, 1.807) is 0 Å². The monoisotopic (exact) mass is 294 g/mol. The molecule has 0 aliphatic rings. The van der Waals surface area contributed by atoms with Gasteiger partial charge in [0.25, 0.3) is 5.56 Å². The van der Waals surface area contributed by atoms with Gasteiger partial charge in [0.2, 0.25) is 0 Å². The summed E-state index contributed by atoms with van der Waals surface area (Å²) in [6.45, 7) is 0.946. The van der Waals surface area contributed by atoms with Crippen molar-refractivity contribution < 1.29 is 17.9 Å². The fourth-order valence-corrected chi connectivity index (χ4v) is 1.69. The van der Waals surface area contributed by atoms with E-state index in [1.165, 1.54) is 16.8 Å². The zero-order valence-electron chi connectivity index (χ0n) is 11.2. The molecule has 1 aromatic heterocycles. The molecule has 0 N–H and O–H groups in total. The molecule has 0 unspecified atom stereocenters. The summed E-state index contributed by atoms with van der Waals surface area (Å²) in [5, 5.41) is 0. The second kappa shape index (κ2) is 7.28. The van der Waals surface area contributed by atoms with Crippen LogP contribution >= 0.6 is 0 Å². The fraction of sp³-hybridized carbons (Fsp3) is 0.667. The van der Waals surface area contributed by atoms with E-state index in [9.17, 15) is 22.8 Å². The van der Waals surface area contributed by atoms with Gasteiger partial charge in [-0.2, -0.15) is 13.2 Å². The Bertz CT molecular complexity index is 534. The molecule has 0 radical (unpaired) electrons. The molecule has 1 heterocycles. The van der Waals surface area contributed by atoms with Crippen LogP contribution in [0.25, 0.3) is 0 Å². The average Bonchev–Trinajstić information content (AvgIpc) is 2.35. The number of hydrogen-bond acceptors (Lipinski definition) is 3. The first kappa shape index (κ1) is 16.5. The van der Waals surface area contributed by atoms with Crippen LogP contribution < -0.4 is 11.2 Å². The second-order valence-electron chi connectivity index (χ2n) is 4.30. The lowest BCUT2D eigenvalue weighted by Gasteiger charge is -2.10. The summed E-state index contributed by atoms with van der Waals surface area (Å²) in [5.41, 5.74) is -0.909. The van der Waals surface area contributed by atoms with E-state index in [1.807, 2.05) is 6.92 Å². The van der Waals surface area contributed by atoms with Gasteiger partial charge in [0.1, 0.15) is 6.61 Å². The van der Waals surface area contributed by atoms with Crippen molar-refractivity contribution in [3.05, 3.63) is 33.1 Å². The lowest BCUT2D eigenvalue weighted by atomic mass is 10.4. The van der Waals surface area contributed by atoms with Crippen molar-refractivity contribution >= 4 is 0 Å². The van der Waals surface area contributed by atoms with E-state index >= 15 is 0 Å². The van der Waals surface area contributed by atoms with Gasteiger partial charge in [-0.3, -0.25) is 9.36 Å². The predicted octanol–water partition coefficient (Wildman–Crippen LogP) is 1.39. The van der Waals surface area contributed by atoms with E-state index in [-0.39, 0.29) is 19.6 Å². The first-order chi connectivity index (χ1) is 9.35. The van der Waals surface area contributed by atoms with Crippen LogP contribution in [0.3, 0.4) is 0 Å². The molecule has 1 rings (SSSR count). The first-order valence-electron chi connectivity index (χ1n) is 6.30. The van der Waals surface area contributed by atoms with Gasteiger partial charge in [0.15, 0.2) is 0 Å². The third-order valence-electron chi connectivity index (χ3n) is 2.54. The molecular formula is C12H17F3N2O3. The number of ether oxygens (including phenoxy) is 1. The van der Waals surface area contributed by atoms with Crippen LogP contribution in [0.4, 0.5) is 13.2 Å². The molecule has 5 nitrogen and oxygen atoms in total. The first-order valence-corrected chi connectivity index (χ1v) is 6.30. The summed E-state index contributed by atoms with van der Waals surface area (Å²) < 4.78 is 42.4. The maximum atomic E-state index is 11.9. The third kappa shape index (κ3) is 5.20. The zero-order valence-corrected chi connectivity index (χ0v) is 11.2. The molecule has 1 aromatic rings. The average molecular weight is 294 g/mol. The summed E-state index contributed by atoms with van der Waals surface area (Å²) in [7, 11) is 0. The Balaban J connectivity index is 2.58. The molecule has 0 spiro atoms. The minimum absolute atomic E-state index is 0.0417. The summed E-state index contributed by atoms with van der Waals surface area (Å²) in [6, 6.07) is 1.27. The molecule has 0 atom stereocenters.